The fourth-order valence-corrected chi connectivity index (χ4v) is 2.97. The summed E-state index contributed by atoms with van der Waals surface area (Å²) < 4.78 is 5.06. The van der Waals surface area contributed by atoms with Crippen LogP contribution in [0.4, 0.5) is 0 Å². The summed E-state index contributed by atoms with van der Waals surface area (Å²) in [7, 11) is 0. The van der Waals surface area contributed by atoms with Crippen LogP contribution in [0.3, 0.4) is 0 Å². The summed E-state index contributed by atoms with van der Waals surface area (Å²) in [5.41, 5.74) is -1.08. The van der Waals surface area contributed by atoms with E-state index in [2.05, 4.69) is 0 Å². The lowest BCUT2D eigenvalue weighted by Crippen LogP contribution is -2.41. The molecule has 1 aliphatic heterocycles. The number of carbonyl (C=O) groups excluding carboxylic acids is 1. The predicted molar refractivity (Wildman–Crippen MR) is 35.7 cm³/mol. The van der Waals surface area contributed by atoms with Gasteiger partial charge < -0.3 is 9.84 Å². The van der Waals surface area contributed by atoms with Crippen LogP contribution in [0.5, 0.6) is 0 Å². The van der Waals surface area contributed by atoms with Gasteiger partial charge in [-0.05, 0) is 25.2 Å². The predicted octanol–water partition coefficient (Wildman–Crippen LogP) is 0.0728. The van der Waals surface area contributed by atoms with E-state index in [1.165, 1.54) is 0 Å². The Kier molecular flexibility index (Phi) is 0.796. The molecular weight excluding hydrogens is 144 g/mol. The second-order valence-electron chi connectivity index (χ2n) is 3.94. The van der Waals surface area contributed by atoms with Crippen LogP contribution in [-0.4, -0.2) is 22.8 Å². The van der Waals surface area contributed by atoms with E-state index in [-0.39, 0.29) is 18.0 Å². The smallest absolute Gasteiger partial charge is 0.338 e. The zero-order valence-corrected chi connectivity index (χ0v) is 6.12. The Morgan fingerprint density at radius 2 is 2.36 bits per heavy atom. The molecule has 1 heterocycles. The number of ether oxygens (including phenoxy) is 1. The normalized spacial score (nSPS) is 58.6. The van der Waals surface area contributed by atoms with Crippen LogP contribution in [0.2, 0.25) is 0 Å². The molecular formula is C8H10O3. The summed E-state index contributed by atoms with van der Waals surface area (Å²) in [6.07, 6.45) is 2.82. The van der Waals surface area contributed by atoms with Crippen molar-refractivity contribution in [2.75, 3.05) is 0 Å². The molecule has 0 amide bonds. The Morgan fingerprint density at radius 1 is 1.55 bits per heavy atom. The van der Waals surface area contributed by atoms with Gasteiger partial charge in [-0.3, -0.25) is 0 Å². The SMILES string of the molecule is O=C1OC2C3CCC2C1(O)C3. The Hall–Kier alpha value is -0.570. The summed E-state index contributed by atoms with van der Waals surface area (Å²) in [6, 6.07) is 0. The molecule has 3 heteroatoms. The molecule has 0 aromatic heterocycles. The van der Waals surface area contributed by atoms with Gasteiger partial charge in [-0.2, -0.15) is 0 Å². The van der Waals surface area contributed by atoms with Crippen LogP contribution in [0.25, 0.3) is 0 Å². The molecule has 1 saturated heterocycles. The number of carbonyl (C=O) groups is 1. The van der Waals surface area contributed by atoms with Gasteiger partial charge >= 0.3 is 5.97 Å². The van der Waals surface area contributed by atoms with E-state index in [1.54, 1.807) is 0 Å². The van der Waals surface area contributed by atoms with E-state index in [0.29, 0.717) is 12.3 Å². The number of esters is 1. The topological polar surface area (TPSA) is 46.5 Å². The van der Waals surface area contributed by atoms with Gasteiger partial charge in [0.25, 0.3) is 0 Å². The van der Waals surface area contributed by atoms with Crippen LogP contribution >= 0.6 is 0 Å². The van der Waals surface area contributed by atoms with Crippen LogP contribution in [-0.2, 0) is 9.53 Å². The van der Waals surface area contributed by atoms with Gasteiger partial charge in [0.15, 0.2) is 5.60 Å². The van der Waals surface area contributed by atoms with E-state index in [1.807, 2.05) is 0 Å². The Morgan fingerprint density at radius 3 is 2.91 bits per heavy atom. The fourth-order valence-electron chi connectivity index (χ4n) is 2.97. The van der Waals surface area contributed by atoms with Crippen LogP contribution in [0.1, 0.15) is 19.3 Å². The molecule has 11 heavy (non-hydrogen) atoms. The zero-order chi connectivity index (χ0) is 7.64. The van der Waals surface area contributed by atoms with Crippen molar-refractivity contribution in [3.05, 3.63) is 0 Å². The van der Waals surface area contributed by atoms with Crippen molar-refractivity contribution < 1.29 is 14.6 Å². The van der Waals surface area contributed by atoms with Crippen molar-refractivity contribution in [2.45, 2.75) is 31.0 Å². The minimum absolute atomic E-state index is 0.0625. The van der Waals surface area contributed by atoms with E-state index in [9.17, 15) is 9.90 Å². The van der Waals surface area contributed by atoms with Crippen molar-refractivity contribution in [3.8, 4) is 0 Å². The molecule has 60 valence electrons. The average Bonchev–Trinajstić information content (AvgIpc) is 2.50. The highest BCUT2D eigenvalue weighted by Crippen LogP contribution is 2.57. The second-order valence-corrected chi connectivity index (χ2v) is 3.94. The monoisotopic (exact) mass is 154 g/mol. The number of hydrogen-bond acceptors (Lipinski definition) is 3. The minimum atomic E-state index is -1.08. The maximum absolute atomic E-state index is 11.1. The number of hydrogen-bond donors (Lipinski definition) is 1. The van der Waals surface area contributed by atoms with E-state index in [4.69, 9.17) is 4.74 Å². The highest BCUT2D eigenvalue weighted by molar-refractivity contribution is 5.83. The summed E-state index contributed by atoms with van der Waals surface area (Å²) in [4.78, 5) is 11.1. The molecule has 3 rings (SSSR count). The molecule has 4 unspecified atom stereocenters. The number of rotatable bonds is 0. The van der Waals surface area contributed by atoms with Crippen LogP contribution in [0, 0.1) is 11.8 Å². The Labute approximate surface area is 64.3 Å². The van der Waals surface area contributed by atoms with Gasteiger partial charge in [-0.1, -0.05) is 0 Å². The first-order valence-electron chi connectivity index (χ1n) is 4.15. The molecule has 0 spiro atoms. The van der Waals surface area contributed by atoms with Gasteiger partial charge in [0.05, 0.1) is 0 Å². The standard InChI is InChI=1S/C8H10O3/c9-7-8(10)3-4-1-2-5(8)6(4)11-7/h4-6,10H,1-3H2. The molecule has 4 bridgehead atoms. The molecule has 0 aromatic carbocycles. The molecule has 3 aliphatic rings. The molecule has 2 aliphatic carbocycles. The first-order valence-corrected chi connectivity index (χ1v) is 4.15. The lowest BCUT2D eigenvalue weighted by Gasteiger charge is -2.26. The third-order valence-electron chi connectivity index (χ3n) is 3.49. The third kappa shape index (κ3) is 0.466. The van der Waals surface area contributed by atoms with Crippen molar-refractivity contribution in [1.29, 1.82) is 0 Å². The quantitative estimate of drug-likeness (QED) is 0.502. The summed E-state index contributed by atoms with van der Waals surface area (Å²) in [5.74, 6) is 0.214. The van der Waals surface area contributed by atoms with E-state index < -0.39 is 5.60 Å². The maximum atomic E-state index is 11.1. The van der Waals surface area contributed by atoms with Crippen molar-refractivity contribution in [3.63, 3.8) is 0 Å². The minimum Gasteiger partial charge on any atom is -0.460 e. The highest BCUT2D eigenvalue weighted by atomic mass is 16.6. The molecule has 0 radical (unpaired) electrons. The largest absolute Gasteiger partial charge is 0.460 e. The van der Waals surface area contributed by atoms with Gasteiger partial charge in [0.2, 0.25) is 0 Å². The molecule has 2 saturated carbocycles. The number of aliphatic hydroxyl groups is 1. The molecule has 4 atom stereocenters. The van der Waals surface area contributed by atoms with Crippen molar-refractivity contribution >= 4 is 5.97 Å². The maximum Gasteiger partial charge on any atom is 0.338 e. The van der Waals surface area contributed by atoms with Crippen LogP contribution in [0.15, 0.2) is 0 Å². The fraction of sp³-hybridized carbons (Fsp3) is 0.875. The van der Waals surface area contributed by atoms with Gasteiger partial charge in [0, 0.05) is 5.92 Å². The first-order chi connectivity index (χ1) is 5.22. The van der Waals surface area contributed by atoms with Crippen molar-refractivity contribution in [1.82, 2.24) is 0 Å². The van der Waals surface area contributed by atoms with Crippen molar-refractivity contribution in [2.24, 2.45) is 11.8 Å². The second kappa shape index (κ2) is 1.46. The Bertz CT molecular complexity index is 237. The summed E-state index contributed by atoms with van der Waals surface area (Å²) in [6.45, 7) is 0. The summed E-state index contributed by atoms with van der Waals surface area (Å²) in [5, 5.41) is 9.83. The zero-order valence-electron chi connectivity index (χ0n) is 6.12. The summed E-state index contributed by atoms with van der Waals surface area (Å²) >= 11 is 0. The van der Waals surface area contributed by atoms with E-state index >= 15 is 0 Å². The third-order valence-corrected chi connectivity index (χ3v) is 3.49. The van der Waals surface area contributed by atoms with Gasteiger partial charge in [-0.25, -0.2) is 4.79 Å². The Balaban J connectivity index is 2.10. The van der Waals surface area contributed by atoms with Gasteiger partial charge in [0.1, 0.15) is 6.10 Å². The molecule has 1 N–H and O–H groups in total. The van der Waals surface area contributed by atoms with E-state index in [0.717, 1.165) is 12.8 Å². The lowest BCUT2D eigenvalue weighted by atomic mass is 9.85. The van der Waals surface area contributed by atoms with Crippen LogP contribution < -0.4 is 0 Å². The first kappa shape index (κ1) is 6.00. The highest BCUT2D eigenvalue weighted by Gasteiger charge is 2.68. The van der Waals surface area contributed by atoms with Gasteiger partial charge in [-0.15, -0.1) is 0 Å². The molecule has 3 fully saturated rings. The average molecular weight is 154 g/mol. The lowest BCUT2D eigenvalue weighted by molar-refractivity contribution is -0.165. The molecule has 3 nitrogen and oxygen atoms in total. The molecule has 0 aromatic rings.